The molecule has 0 aliphatic carbocycles. The zero-order valence-electron chi connectivity index (χ0n) is 21.5. The van der Waals surface area contributed by atoms with Gasteiger partial charge in [0.15, 0.2) is 0 Å². The van der Waals surface area contributed by atoms with E-state index in [1.54, 1.807) is 45.9 Å². The van der Waals surface area contributed by atoms with Gasteiger partial charge in [-0.15, -0.1) is 11.3 Å². The summed E-state index contributed by atoms with van der Waals surface area (Å²) in [6, 6.07) is 11.8. The topological polar surface area (TPSA) is 96.5 Å². The van der Waals surface area contributed by atoms with Crippen molar-refractivity contribution in [3.05, 3.63) is 58.3 Å². The fourth-order valence-electron chi connectivity index (χ4n) is 5.73. The molecule has 2 unspecified atom stereocenters. The maximum atomic E-state index is 13.9. The summed E-state index contributed by atoms with van der Waals surface area (Å²) in [5.74, 6) is -1.16. The molecule has 9 nitrogen and oxygen atoms in total. The van der Waals surface area contributed by atoms with Crippen LogP contribution in [-0.2, 0) is 19.1 Å². The second kappa shape index (κ2) is 11.2. The van der Waals surface area contributed by atoms with Gasteiger partial charge in [-0.1, -0.05) is 24.3 Å². The summed E-state index contributed by atoms with van der Waals surface area (Å²) >= 11 is 1.41. The van der Waals surface area contributed by atoms with E-state index in [0.717, 1.165) is 0 Å². The minimum absolute atomic E-state index is 0.0280. The standard InChI is InChI=1S/C28H33N3O6S/c1-2-36-27(35)21-10-6-14-30(18-21)25(33)22-19-37-28(31(22)24(32)20-8-4-3-5-9-20)12-15-29(16-13-28)26(34)23-11-7-17-38-23/h3-5,7-9,11,17,21-22H,2,6,10,12-16,18-19H2,1H3. The van der Waals surface area contributed by atoms with E-state index in [-0.39, 0.29) is 42.8 Å². The number of likely N-dealkylation sites (tertiary alicyclic amines) is 2. The molecule has 3 saturated heterocycles. The van der Waals surface area contributed by atoms with Crippen molar-refractivity contribution in [1.82, 2.24) is 14.7 Å². The van der Waals surface area contributed by atoms with Gasteiger partial charge in [0.2, 0.25) is 5.91 Å². The van der Waals surface area contributed by atoms with Crippen LogP contribution in [0.4, 0.5) is 0 Å². The summed E-state index contributed by atoms with van der Waals surface area (Å²) in [6.07, 6.45) is 2.20. The zero-order chi connectivity index (χ0) is 26.7. The molecule has 5 rings (SSSR count). The molecule has 4 heterocycles. The van der Waals surface area contributed by atoms with Crippen molar-refractivity contribution in [1.29, 1.82) is 0 Å². The van der Waals surface area contributed by atoms with Crippen molar-refractivity contribution in [2.45, 2.75) is 44.4 Å². The number of hydrogen-bond acceptors (Lipinski definition) is 7. The van der Waals surface area contributed by atoms with E-state index in [0.29, 0.717) is 62.4 Å². The summed E-state index contributed by atoms with van der Waals surface area (Å²) in [5, 5.41) is 1.88. The molecule has 38 heavy (non-hydrogen) atoms. The first-order valence-corrected chi connectivity index (χ1v) is 14.1. The number of rotatable bonds is 5. The SMILES string of the molecule is CCOC(=O)C1CCCN(C(=O)C2COC3(CCN(C(=O)c4cccs4)CC3)N2C(=O)c2ccccc2)C1. The summed E-state index contributed by atoms with van der Waals surface area (Å²) in [7, 11) is 0. The van der Waals surface area contributed by atoms with Crippen LogP contribution in [0.1, 0.15) is 52.6 Å². The summed E-state index contributed by atoms with van der Waals surface area (Å²) in [5.41, 5.74) is -0.495. The lowest BCUT2D eigenvalue weighted by atomic mass is 9.95. The Morgan fingerprint density at radius 2 is 1.76 bits per heavy atom. The van der Waals surface area contributed by atoms with Crippen molar-refractivity contribution in [3.63, 3.8) is 0 Å². The Balaban J connectivity index is 1.37. The molecular weight excluding hydrogens is 506 g/mol. The number of piperidine rings is 2. The van der Waals surface area contributed by atoms with Gasteiger partial charge in [-0.2, -0.15) is 0 Å². The van der Waals surface area contributed by atoms with Gasteiger partial charge in [0.25, 0.3) is 11.8 Å². The molecule has 0 bridgehead atoms. The van der Waals surface area contributed by atoms with E-state index >= 15 is 0 Å². The van der Waals surface area contributed by atoms with Crippen LogP contribution < -0.4 is 0 Å². The minimum Gasteiger partial charge on any atom is -0.466 e. The van der Waals surface area contributed by atoms with E-state index in [1.165, 1.54) is 11.3 Å². The Morgan fingerprint density at radius 3 is 2.45 bits per heavy atom. The lowest BCUT2D eigenvalue weighted by molar-refractivity contribution is -0.152. The molecule has 3 fully saturated rings. The molecule has 1 aromatic heterocycles. The predicted octanol–water partition coefficient (Wildman–Crippen LogP) is 3.02. The molecule has 0 saturated carbocycles. The van der Waals surface area contributed by atoms with Crippen molar-refractivity contribution >= 4 is 35.0 Å². The number of carbonyl (C=O) groups is 4. The van der Waals surface area contributed by atoms with Gasteiger partial charge in [-0.05, 0) is 43.3 Å². The second-order valence-electron chi connectivity index (χ2n) is 9.96. The number of thiophene rings is 1. The van der Waals surface area contributed by atoms with Crippen molar-refractivity contribution < 1.29 is 28.7 Å². The number of carbonyl (C=O) groups excluding carboxylic acids is 4. The van der Waals surface area contributed by atoms with Crippen molar-refractivity contribution in [3.8, 4) is 0 Å². The van der Waals surface area contributed by atoms with E-state index in [9.17, 15) is 19.2 Å². The molecule has 2 atom stereocenters. The summed E-state index contributed by atoms with van der Waals surface area (Å²) < 4.78 is 11.5. The highest BCUT2D eigenvalue weighted by Crippen LogP contribution is 2.39. The number of esters is 1. The van der Waals surface area contributed by atoms with Crippen LogP contribution in [-0.4, -0.2) is 89.6 Å². The summed E-state index contributed by atoms with van der Waals surface area (Å²) in [6.45, 7) is 3.79. The van der Waals surface area contributed by atoms with Crippen LogP contribution in [0.25, 0.3) is 0 Å². The molecule has 1 aromatic carbocycles. The van der Waals surface area contributed by atoms with Gasteiger partial charge in [-0.25, -0.2) is 0 Å². The number of amides is 3. The molecule has 3 aliphatic rings. The van der Waals surface area contributed by atoms with Gasteiger partial charge < -0.3 is 19.3 Å². The normalized spacial score (nSPS) is 22.9. The molecule has 0 N–H and O–H groups in total. The lowest BCUT2D eigenvalue weighted by Crippen LogP contribution is -2.60. The van der Waals surface area contributed by atoms with E-state index in [4.69, 9.17) is 9.47 Å². The first kappa shape index (κ1) is 26.4. The maximum absolute atomic E-state index is 13.9. The molecular formula is C28H33N3O6S. The van der Waals surface area contributed by atoms with Crippen LogP contribution in [0.3, 0.4) is 0 Å². The third-order valence-electron chi connectivity index (χ3n) is 7.70. The van der Waals surface area contributed by atoms with Gasteiger partial charge in [-0.3, -0.25) is 24.1 Å². The Bertz CT molecular complexity index is 1160. The average molecular weight is 540 g/mol. The Morgan fingerprint density at radius 1 is 1.00 bits per heavy atom. The fraction of sp³-hybridized carbons (Fsp3) is 0.500. The van der Waals surface area contributed by atoms with Crippen LogP contribution in [0.15, 0.2) is 47.8 Å². The molecule has 1 spiro atoms. The fourth-order valence-corrected chi connectivity index (χ4v) is 6.42. The third kappa shape index (κ3) is 5.07. The smallest absolute Gasteiger partial charge is 0.310 e. The molecule has 2 aromatic rings. The van der Waals surface area contributed by atoms with Crippen LogP contribution >= 0.6 is 11.3 Å². The first-order valence-electron chi connectivity index (χ1n) is 13.2. The lowest BCUT2D eigenvalue weighted by Gasteiger charge is -2.45. The quantitative estimate of drug-likeness (QED) is 0.542. The second-order valence-corrected chi connectivity index (χ2v) is 10.9. The molecule has 0 radical (unpaired) electrons. The molecule has 10 heteroatoms. The highest BCUT2D eigenvalue weighted by atomic mass is 32.1. The average Bonchev–Trinajstić information content (AvgIpc) is 3.62. The van der Waals surface area contributed by atoms with Gasteiger partial charge in [0.1, 0.15) is 11.8 Å². The van der Waals surface area contributed by atoms with Gasteiger partial charge >= 0.3 is 5.97 Å². The van der Waals surface area contributed by atoms with Crippen LogP contribution in [0, 0.1) is 5.92 Å². The van der Waals surface area contributed by atoms with Crippen LogP contribution in [0.5, 0.6) is 0 Å². The Labute approximate surface area is 226 Å². The zero-order valence-corrected chi connectivity index (χ0v) is 22.4. The maximum Gasteiger partial charge on any atom is 0.310 e. The highest BCUT2D eigenvalue weighted by molar-refractivity contribution is 7.12. The molecule has 3 amide bonds. The van der Waals surface area contributed by atoms with E-state index in [1.807, 2.05) is 23.6 Å². The van der Waals surface area contributed by atoms with Crippen molar-refractivity contribution in [2.24, 2.45) is 5.92 Å². The number of nitrogens with zero attached hydrogens (tertiary/aromatic N) is 3. The highest BCUT2D eigenvalue weighted by Gasteiger charge is 2.55. The molecule has 3 aliphatic heterocycles. The van der Waals surface area contributed by atoms with E-state index < -0.39 is 11.8 Å². The van der Waals surface area contributed by atoms with Crippen molar-refractivity contribution in [2.75, 3.05) is 39.4 Å². The minimum atomic E-state index is -0.976. The van der Waals surface area contributed by atoms with Crippen LogP contribution in [0.2, 0.25) is 0 Å². The van der Waals surface area contributed by atoms with E-state index in [2.05, 4.69) is 0 Å². The third-order valence-corrected chi connectivity index (χ3v) is 8.56. The monoisotopic (exact) mass is 539 g/mol. The Kier molecular flexibility index (Phi) is 7.80. The largest absolute Gasteiger partial charge is 0.466 e. The predicted molar refractivity (Wildman–Crippen MR) is 140 cm³/mol. The number of ether oxygens (including phenoxy) is 2. The number of hydrogen-bond donors (Lipinski definition) is 0. The first-order chi connectivity index (χ1) is 18.4. The Hall–Kier alpha value is -3.24. The molecule has 202 valence electrons. The van der Waals surface area contributed by atoms with Gasteiger partial charge in [0.05, 0.1) is 24.0 Å². The number of benzene rings is 1. The van der Waals surface area contributed by atoms with Gasteiger partial charge in [0, 0.05) is 44.6 Å². The summed E-state index contributed by atoms with van der Waals surface area (Å²) in [4.78, 5) is 58.8.